The van der Waals surface area contributed by atoms with Crippen molar-refractivity contribution in [2.75, 3.05) is 7.11 Å². The lowest BCUT2D eigenvalue weighted by Crippen LogP contribution is -2.01. The lowest BCUT2D eigenvalue weighted by molar-refractivity contribution is 0.173. The smallest absolute Gasteiger partial charge is 0.124 e. The molecule has 1 unspecified atom stereocenters. The Labute approximate surface area is 102 Å². The van der Waals surface area contributed by atoms with Crippen LogP contribution in [0.5, 0.6) is 5.75 Å². The summed E-state index contributed by atoms with van der Waals surface area (Å²) in [5.41, 5.74) is 1.72. The Morgan fingerprint density at radius 1 is 1.56 bits per heavy atom. The van der Waals surface area contributed by atoms with Crippen molar-refractivity contribution in [1.29, 1.82) is 0 Å². The van der Waals surface area contributed by atoms with E-state index in [1.807, 2.05) is 6.92 Å². The summed E-state index contributed by atoms with van der Waals surface area (Å²) in [6.07, 6.45) is 0.786. The Hall–Kier alpha value is -0.990. The summed E-state index contributed by atoms with van der Waals surface area (Å²) in [6, 6.07) is 5.23. The molecule has 16 heavy (non-hydrogen) atoms. The van der Waals surface area contributed by atoms with Gasteiger partial charge in [-0.3, -0.25) is 0 Å². The number of hydrogen-bond donors (Lipinski definition) is 1. The second kappa shape index (κ2) is 5.92. The average molecular weight is 241 g/mol. The van der Waals surface area contributed by atoms with Crippen LogP contribution >= 0.6 is 11.6 Å². The van der Waals surface area contributed by atoms with E-state index in [-0.39, 0.29) is 0 Å². The zero-order chi connectivity index (χ0) is 12.1. The standard InChI is InChI=1S/C13H17ClO2/c1-4-9(2)7-12(15)11-8-10(14)5-6-13(11)16-3/h5-6,8,12,15H,2,4,7H2,1,3H3. The van der Waals surface area contributed by atoms with Crippen LogP contribution in [0.1, 0.15) is 31.4 Å². The van der Waals surface area contributed by atoms with Crippen LogP contribution in [-0.2, 0) is 0 Å². The van der Waals surface area contributed by atoms with Gasteiger partial charge >= 0.3 is 0 Å². The Balaban J connectivity index is 2.92. The fourth-order valence-electron chi connectivity index (χ4n) is 1.49. The van der Waals surface area contributed by atoms with Crippen molar-refractivity contribution in [1.82, 2.24) is 0 Å². The van der Waals surface area contributed by atoms with E-state index in [2.05, 4.69) is 6.58 Å². The summed E-state index contributed by atoms with van der Waals surface area (Å²) < 4.78 is 5.19. The van der Waals surface area contributed by atoms with Gasteiger partial charge in [0.05, 0.1) is 13.2 Å². The predicted molar refractivity (Wildman–Crippen MR) is 67.0 cm³/mol. The summed E-state index contributed by atoms with van der Waals surface area (Å²) in [5, 5.41) is 10.7. The van der Waals surface area contributed by atoms with Gasteiger partial charge in [0, 0.05) is 10.6 Å². The van der Waals surface area contributed by atoms with Gasteiger partial charge in [0.2, 0.25) is 0 Å². The molecule has 0 bridgehead atoms. The summed E-state index contributed by atoms with van der Waals surface area (Å²) in [7, 11) is 1.58. The zero-order valence-electron chi connectivity index (χ0n) is 9.66. The van der Waals surface area contributed by atoms with E-state index in [1.54, 1.807) is 25.3 Å². The lowest BCUT2D eigenvalue weighted by Gasteiger charge is -2.15. The monoisotopic (exact) mass is 240 g/mol. The van der Waals surface area contributed by atoms with Crippen molar-refractivity contribution in [2.24, 2.45) is 0 Å². The Bertz CT molecular complexity index is 374. The van der Waals surface area contributed by atoms with E-state index in [1.165, 1.54) is 0 Å². The molecule has 0 aliphatic heterocycles. The van der Waals surface area contributed by atoms with Crippen LogP contribution < -0.4 is 4.74 Å². The van der Waals surface area contributed by atoms with E-state index in [4.69, 9.17) is 16.3 Å². The van der Waals surface area contributed by atoms with Crippen LogP contribution in [0.2, 0.25) is 5.02 Å². The molecule has 1 atom stereocenters. The Kier molecular flexibility index (Phi) is 4.84. The van der Waals surface area contributed by atoms with Crippen molar-refractivity contribution in [3.8, 4) is 5.75 Å². The molecule has 2 nitrogen and oxygen atoms in total. The van der Waals surface area contributed by atoms with Gasteiger partial charge in [-0.05, 0) is 31.0 Å². The quantitative estimate of drug-likeness (QED) is 0.795. The number of hydrogen-bond acceptors (Lipinski definition) is 2. The molecule has 3 heteroatoms. The number of ether oxygens (including phenoxy) is 1. The molecule has 0 amide bonds. The highest BCUT2D eigenvalue weighted by molar-refractivity contribution is 6.30. The molecule has 0 heterocycles. The number of benzene rings is 1. The first-order valence-electron chi connectivity index (χ1n) is 5.26. The molecule has 0 aromatic heterocycles. The zero-order valence-corrected chi connectivity index (χ0v) is 10.4. The van der Waals surface area contributed by atoms with Crippen LogP contribution in [0.25, 0.3) is 0 Å². The van der Waals surface area contributed by atoms with E-state index >= 15 is 0 Å². The van der Waals surface area contributed by atoms with E-state index < -0.39 is 6.10 Å². The molecule has 0 radical (unpaired) electrons. The highest BCUT2D eigenvalue weighted by atomic mass is 35.5. The van der Waals surface area contributed by atoms with Crippen molar-refractivity contribution >= 4 is 11.6 Å². The molecule has 1 aromatic carbocycles. The molecule has 0 fully saturated rings. The largest absolute Gasteiger partial charge is 0.496 e. The first-order chi connectivity index (χ1) is 7.58. The normalized spacial score (nSPS) is 12.2. The van der Waals surface area contributed by atoms with Gasteiger partial charge in [-0.15, -0.1) is 0 Å². The third-order valence-electron chi connectivity index (χ3n) is 2.53. The SMILES string of the molecule is C=C(CC)CC(O)c1cc(Cl)ccc1OC. The minimum atomic E-state index is -0.610. The van der Waals surface area contributed by atoms with Crippen molar-refractivity contribution < 1.29 is 9.84 Å². The third-order valence-corrected chi connectivity index (χ3v) is 2.77. The van der Waals surface area contributed by atoms with Gasteiger partial charge in [0.15, 0.2) is 0 Å². The lowest BCUT2D eigenvalue weighted by atomic mass is 10.0. The fourth-order valence-corrected chi connectivity index (χ4v) is 1.67. The molecule has 0 saturated carbocycles. The van der Waals surface area contributed by atoms with Crippen LogP contribution in [0.3, 0.4) is 0 Å². The molecule has 1 N–H and O–H groups in total. The minimum Gasteiger partial charge on any atom is -0.496 e. The van der Waals surface area contributed by atoms with Crippen LogP contribution in [0, 0.1) is 0 Å². The predicted octanol–water partition coefficient (Wildman–Crippen LogP) is 3.74. The highest BCUT2D eigenvalue weighted by Gasteiger charge is 2.14. The molecular formula is C13H17ClO2. The molecule has 0 spiro atoms. The van der Waals surface area contributed by atoms with Crippen LogP contribution in [0.15, 0.2) is 30.4 Å². The minimum absolute atomic E-state index is 0.535. The van der Waals surface area contributed by atoms with Crippen LogP contribution in [-0.4, -0.2) is 12.2 Å². The molecular weight excluding hydrogens is 224 g/mol. The summed E-state index contributed by atoms with van der Waals surface area (Å²) in [4.78, 5) is 0. The topological polar surface area (TPSA) is 29.5 Å². The van der Waals surface area contributed by atoms with Crippen molar-refractivity contribution in [3.05, 3.63) is 40.9 Å². The number of aliphatic hydroxyl groups excluding tert-OH is 1. The van der Waals surface area contributed by atoms with Crippen LogP contribution in [0.4, 0.5) is 0 Å². The van der Waals surface area contributed by atoms with Gasteiger partial charge in [-0.25, -0.2) is 0 Å². The second-order valence-corrected chi connectivity index (χ2v) is 4.15. The van der Waals surface area contributed by atoms with Gasteiger partial charge in [0.25, 0.3) is 0 Å². The van der Waals surface area contributed by atoms with E-state index in [0.29, 0.717) is 22.8 Å². The summed E-state index contributed by atoms with van der Waals surface area (Å²) in [6.45, 7) is 5.90. The van der Waals surface area contributed by atoms with Gasteiger partial charge < -0.3 is 9.84 Å². The maximum atomic E-state index is 10.1. The van der Waals surface area contributed by atoms with Gasteiger partial charge in [-0.2, -0.15) is 0 Å². The number of halogens is 1. The van der Waals surface area contributed by atoms with Crippen molar-refractivity contribution in [2.45, 2.75) is 25.9 Å². The summed E-state index contributed by atoms with van der Waals surface area (Å²) >= 11 is 5.90. The summed E-state index contributed by atoms with van der Waals surface area (Å²) in [5.74, 6) is 0.654. The number of methoxy groups -OCH3 is 1. The maximum Gasteiger partial charge on any atom is 0.124 e. The van der Waals surface area contributed by atoms with Gasteiger partial charge in [-0.1, -0.05) is 30.7 Å². The number of rotatable bonds is 5. The second-order valence-electron chi connectivity index (χ2n) is 3.71. The molecule has 0 saturated heterocycles. The fraction of sp³-hybridized carbons (Fsp3) is 0.385. The molecule has 88 valence electrons. The molecule has 1 rings (SSSR count). The highest BCUT2D eigenvalue weighted by Crippen LogP contribution is 2.31. The first kappa shape index (κ1) is 13.1. The maximum absolute atomic E-state index is 10.1. The first-order valence-corrected chi connectivity index (χ1v) is 5.64. The number of aliphatic hydroxyl groups is 1. The Morgan fingerprint density at radius 3 is 2.81 bits per heavy atom. The average Bonchev–Trinajstić information content (AvgIpc) is 2.28. The van der Waals surface area contributed by atoms with E-state index in [9.17, 15) is 5.11 Å². The Morgan fingerprint density at radius 2 is 2.25 bits per heavy atom. The van der Waals surface area contributed by atoms with E-state index in [0.717, 1.165) is 12.0 Å². The molecule has 0 aliphatic carbocycles. The third kappa shape index (κ3) is 3.26. The van der Waals surface area contributed by atoms with Crippen molar-refractivity contribution in [3.63, 3.8) is 0 Å². The van der Waals surface area contributed by atoms with Gasteiger partial charge in [0.1, 0.15) is 5.75 Å². The molecule has 0 aliphatic rings. The molecule has 1 aromatic rings.